The van der Waals surface area contributed by atoms with Crippen molar-refractivity contribution in [1.29, 1.82) is 0 Å². The molecule has 2 aromatic carbocycles. The van der Waals surface area contributed by atoms with Gasteiger partial charge in [0.2, 0.25) is 0 Å². The Bertz CT molecular complexity index is 945. The summed E-state index contributed by atoms with van der Waals surface area (Å²) in [6, 6.07) is 12.2. The molecule has 0 N–H and O–H groups in total. The molecule has 4 nitrogen and oxygen atoms in total. The van der Waals surface area contributed by atoms with Gasteiger partial charge in [-0.1, -0.05) is 25.5 Å². The number of fused-ring (bicyclic) bond motifs is 1. The van der Waals surface area contributed by atoms with Crippen LogP contribution in [0.4, 0.5) is 0 Å². The van der Waals surface area contributed by atoms with E-state index in [1.54, 1.807) is 24.3 Å². The molecule has 0 aromatic heterocycles. The average Bonchev–Trinajstić information content (AvgIpc) is 2.67. The molecule has 1 aliphatic rings. The minimum absolute atomic E-state index is 0.0838. The molecule has 0 bridgehead atoms. The maximum absolute atomic E-state index is 12.7. The minimum Gasteiger partial charge on any atom is -0.465 e. The van der Waals surface area contributed by atoms with Crippen molar-refractivity contribution in [2.45, 2.75) is 46.0 Å². The van der Waals surface area contributed by atoms with Crippen LogP contribution in [0.15, 0.2) is 48.0 Å². The van der Waals surface area contributed by atoms with Crippen LogP contribution < -0.4 is 4.74 Å². The summed E-state index contributed by atoms with van der Waals surface area (Å²) in [5.74, 6) is -0.451. The van der Waals surface area contributed by atoms with Gasteiger partial charge in [-0.3, -0.25) is 0 Å². The molecule has 0 saturated heterocycles. The van der Waals surface area contributed by atoms with Gasteiger partial charge in [0.15, 0.2) is 0 Å². The fourth-order valence-electron chi connectivity index (χ4n) is 3.68. The van der Waals surface area contributed by atoms with Gasteiger partial charge in [0.1, 0.15) is 5.75 Å². The van der Waals surface area contributed by atoms with Gasteiger partial charge in [0, 0.05) is 0 Å². The van der Waals surface area contributed by atoms with Crippen molar-refractivity contribution in [3.63, 3.8) is 0 Å². The van der Waals surface area contributed by atoms with Crippen LogP contribution in [0.25, 0.3) is 5.57 Å². The number of carbonyl (C=O) groups is 2. The number of rotatable bonds is 3. The quantitative estimate of drug-likeness (QED) is 0.518. The van der Waals surface area contributed by atoms with Crippen molar-refractivity contribution in [2.75, 3.05) is 7.11 Å². The highest BCUT2D eigenvalue weighted by atomic mass is 16.5. The van der Waals surface area contributed by atoms with Crippen molar-refractivity contribution >= 4 is 17.5 Å². The second-order valence-electron chi connectivity index (χ2n) is 8.03. The van der Waals surface area contributed by atoms with Gasteiger partial charge in [-0.05, 0) is 85.2 Å². The predicted octanol–water partition coefficient (Wildman–Crippen LogP) is 5.56. The van der Waals surface area contributed by atoms with Crippen molar-refractivity contribution in [3.8, 4) is 5.75 Å². The van der Waals surface area contributed by atoms with Crippen LogP contribution in [0.3, 0.4) is 0 Å². The van der Waals surface area contributed by atoms with Crippen LogP contribution in [-0.4, -0.2) is 19.0 Å². The second-order valence-corrected chi connectivity index (χ2v) is 8.03. The van der Waals surface area contributed by atoms with Crippen LogP contribution in [0.5, 0.6) is 5.75 Å². The first-order valence-electron chi connectivity index (χ1n) is 9.45. The van der Waals surface area contributed by atoms with Crippen LogP contribution in [0, 0.1) is 0 Å². The Morgan fingerprint density at radius 1 is 0.929 bits per heavy atom. The summed E-state index contributed by atoms with van der Waals surface area (Å²) in [5.41, 5.74) is 6.02. The van der Waals surface area contributed by atoms with Crippen molar-refractivity contribution in [2.24, 2.45) is 0 Å². The maximum atomic E-state index is 12.7. The van der Waals surface area contributed by atoms with E-state index in [1.807, 2.05) is 18.2 Å². The lowest BCUT2D eigenvalue weighted by Crippen LogP contribution is -2.24. The lowest BCUT2D eigenvalue weighted by atomic mass is 9.70. The van der Waals surface area contributed by atoms with E-state index in [4.69, 9.17) is 4.74 Å². The summed E-state index contributed by atoms with van der Waals surface area (Å²) in [6.07, 6.45) is 2.10. The Morgan fingerprint density at radius 2 is 1.57 bits per heavy atom. The maximum Gasteiger partial charge on any atom is 0.343 e. The topological polar surface area (TPSA) is 52.6 Å². The molecule has 146 valence electrons. The summed E-state index contributed by atoms with van der Waals surface area (Å²) >= 11 is 0. The molecule has 4 heteroatoms. The molecule has 28 heavy (non-hydrogen) atoms. The van der Waals surface area contributed by atoms with E-state index in [9.17, 15) is 9.59 Å². The minimum atomic E-state index is -0.426. The molecular formula is C24H26O4. The number of hydrogen-bond donors (Lipinski definition) is 0. The molecule has 0 aliphatic heterocycles. The van der Waals surface area contributed by atoms with Crippen molar-refractivity contribution < 1.29 is 19.1 Å². The zero-order chi connectivity index (χ0) is 20.5. The monoisotopic (exact) mass is 378 g/mol. The van der Waals surface area contributed by atoms with E-state index in [0.717, 1.165) is 18.4 Å². The van der Waals surface area contributed by atoms with E-state index >= 15 is 0 Å². The van der Waals surface area contributed by atoms with E-state index in [1.165, 1.54) is 23.8 Å². The number of benzene rings is 2. The predicted molar refractivity (Wildman–Crippen MR) is 110 cm³/mol. The molecule has 0 fully saturated rings. The highest BCUT2D eigenvalue weighted by Crippen LogP contribution is 2.43. The molecule has 3 rings (SSSR count). The van der Waals surface area contributed by atoms with Crippen molar-refractivity contribution in [1.82, 2.24) is 0 Å². The zero-order valence-corrected chi connectivity index (χ0v) is 17.1. The number of esters is 2. The van der Waals surface area contributed by atoms with Crippen LogP contribution >= 0.6 is 0 Å². The van der Waals surface area contributed by atoms with Crippen LogP contribution in [-0.2, 0) is 10.2 Å². The highest BCUT2D eigenvalue weighted by molar-refractivity contribution is 5.93. The van der Waals surface area contributed by atoms with Gasteiger partial charge in [-0.25, -0.2) is 9.59 Å². The molecule has 0 radical (unpaired) electrons. The third kappa shape index (κ3) is 3.86. The number of ether oxygens (including phenoxy) is 2. The summed E-state index contributed by atoms with van der Waals surface area (Å²) in [5, 5.41) is 0. The summed E-state index contributed by atoms with van der Waals surface area (Å²) < 4.78 is 10.2. The lowest BCUT2D eigenvalue weighted by Gasteiger charge is -2.35. The van der Waals surface area contributed by atoms with E-state index in [2.05, 4.69) is 32.4 Å². The van der Waals surface area contributed by atoms with E-state index in [-0.39, 0.29) is 5.41 Å². The fraction of sp³-hybridized carbons (Fsp3) is 0.333. The lowest BCUT2D eigenvalue weighted by molar-refractivity contribution is 0.0600. The number of hydrogen-bond acceptors (Lipinski definition) is 4. The average molecular weight is 378 g/mol. The first-order chi connectivity index (χ1) is 13.2. The molecule has 0 saturated carbocycles. The van der Waals surface area contributed by atoms with Gasteiger partial charge in [0.05, 0.1) is 18.2 Å². The third-order valence-corrected chi connectivity index (χ3v) is 5.40. The SMILES string of the molecule is COC(=O)c1ccc(OC(=O)c2ccc3c(c2)C(=C(C)C)CCC3(C)C)cc1. The smallest absolute Gasteiger partial charge is 0.343 e. The van der Waals surface area contributed by atoms with E-state index in [0.29, 0.717) is 16.9 Å². The Kier molecular flexibility index (Phi) is 5.41. The molecule has 0 amide bonds. The Hall–Kier alpha value is -2.88. The van der Waals surface area contributed by atoms with Gasteiger partial charge < -0.3 is 9.47 Å². The molecule has 0 atom stereocenters. The molecule has 0 heterocycles. The van der Waals surface area contributed by atoms with Crippen LogP contribution in [0.2, 0.25) is 0 Å². The molecule has 1 aliphatic carbocycles. The largest absolute Gasteiger partial charge is 0.465 e. The van der Waals surface area contributed by atoms with Crippen LogP contribution in [0.1, 0.15) is 72.4 Å². The van der Waals surface area contributed by atoms with Gasteiger partial charge in [-0.15, -0.1) is 0 Å². The van der Waals surface area contributed by atoms with Gasteiger partial charge in [0.25, 0.3) is 0 Å². The highest BCUT2D eigenvalue weighted by Gasteiger charge is 2.30. The zero-order valence-electron chi connectivity index (χ0n) is 17.1. The summed E-state index contributed by atoms with van der Waals surface area (Å²) in [7, 11) is 1.33. The van der Waals surface area contributed by atoms with Gasteiger partial charge >= 0.3 is 11.9 Å². The first kappa shape index (κ1) is 19.9. The molecule has 2 aromatic rings. The summed E-state index contributed by atoms with van der Waals surface area (Å²) in [6.45, 7) is 8.72. The number of methoxy groups -OCH3 is 1. The molecule has 0 unspecified atom stereocenters. The van der Waals surface area contributed by atoms with Gasteiger partial charge in [-0.2, -0.15) is 0 Å². The standard InChI is InChI=1S/C24H26O4/c1-15(2)19-12-13-24(3,4)21-11-8-17(14-20(19)21)23(26)28-18-9-6-16(7-10-18)22(25)27-5/h6-11,14H,12-13H2,1-5H3. The fourth-order valence-corrected chi connectivity index (χ4v) is 3.68. The Balaban J connectivity index is 1.88. The Labute approximate surface area is 166 Å². The second kappa shape index (κ2) is 7.63. The first-order valence-corrected chi connectivity index (χ1v) is 9.45. The molecule has 0 spiro atoms. The Morgan fingerprint density at radius 3 is 2.18 bits per heavy atom. The summed E-state index contributed by atoms with van der Waals surface area (Å²) in [4.78, 5) is 24.2. The third-order valence-electron chi connectivity index (χ3n) is 5.40. The van der Waals surface area contributed by atoms with E-state index < -0.39 is 11.9 Å². The van der Waals surface area contributed by atoms with Crippen molar-refractivity contribution in [3.05, 3.63) is 70.3 Å². The number of allylic oxidation sites excluding steroid dienone is 2. The molecular weight excluding hydrogens is 352 g/mol. The number of carbonyl (C=O) groups excluding carboxylic acids is 2. The normalized spacial score (nSPS) is 14.8.